The number of aromatic nitrogens is 6. The molecule has 4 heterocycles. The zero-order valence-electron chi connectivity index (χ0n) is 28.6. The van der Waals surface area contributed by atoms with Crippen LogP contribution in [0.3, 0.4) is 0 Å². The van der Waals surface area contributed by atoms with Crippen LogP contribution in [-0.4, -0.2) is 29.1 Å². The van der Waals surface area contributed by atoms with Crippen LogP contribution in [0.25, 0.3) is 88.9 Å². The summed E-state index contributed by atoms with van der Waals surface area (Å²) in [7, 11) is 0. The average Bonchev–Trinajstić information content (AvgIpc) is 3.76. The number of nitriles is 2. The number of hydrogen-bond donors (Lipinski definition) is 0. The Morgan fingerprint density at radius 3 is 1.37 bits per heavy atom. The van der Waals surface area contributed by atoms with Crippen molar-refractivity contribution in [2.45, 2.75) is 0 Å². The van der Waals surface area contributed by atoms with Gasteiger partial charge >= 0.3 is 0 Å². The molecule has 4 aromatic heterocycles. The molecular formula is C46H26N8. The Kier molecular flexibility index (Phi) is 7.07. The average molecular weight is 691 g/mol. The summed E-state index contributed by atoms with van der Waals surface area (Å²) in [4.78, 5) is 18.2. The highest BCUT2D eigenvalue weighted by Crippen LogP contribution is 2.43. The van der Waals surface area contributed by atoms with Gasteiger partial charge in [0.15, 0.2) is 11.6 Å². The van der Waals surface area contributed by atoms with E-state index in [9.17, 15) is 10.5 Å². The lowest BCUT2D eigenvalue weighted by Crippen LogP contribution is -2.05. The molecule has 0 aliphatic carbocycles. The van der Waals surface area contributed by atoms with Gasteiger partial charge in [0.05, 0.1) is 56.7 Å². The monoisotopic (exact) mass is 690 g/mol. The largest absolute Gasteiger partial charge is 0.308 e. The first-order valence-corrected chi connectivity index (χ1v) is 17.4. The highest BCUT2D eigenvalue weighted by Gasteiger charge is 2.24. The summed E-state index contributed by atoms with van der Waals surface area (Å²) in [6.45, 7) is 0. The van der Waals surface area contributed by atoms with Gasteiger partial charge in [0.1, 0.15) is 0 Å². The fourth-order valence-corrected chi connectivity index (χ4v) is 7.70. The molecule has 0 aliphatic rings. The van der Waals surface area contributed by atoms with Gasteiger partial charge in [-0.3, -0.25) is 0 Å². The van der Waals surface area contributed by atoms with Gasteiger partial charge in [0.25, 0.3) is 0 Å². The number of rotatable bonds is 5. The lowest BCUT2D eigenvalue weighted by atomic mass is 9.96. The van der Waals surface area contributed by atoms with E-state index in [1.54, 1.807) is 36.9 Å². The lowest BCUT2D eigenvalue weighted by Gasteiger charge is -2.21. The summed E-state index contributed by atoms with van der Waals surface area (Å²) < 4.78 is 4.46. The molecule has 0 N–H and O–H groups in total. The molecule has 0 fully saturated rings. The Labute approximate surface area is 309 Å². The molecule has 0 bridgehead atoms. The predicted octanol–water partition coefficient (Wildman–Crippen LogP) is 10.2. The molecule has 0 radical (unpaired) electrons. The van der Waals surface area contributed by atoms with E-state index in [4.69, 9.17) is 0 Å². The van der Waals surface area contributed by atoms with Crippen molar-refractivity contribution >= 4 is 43.6 Å². The third-order valence-corrected chi connectivity index (χ3v) is 9.98. The van der Waals surface area contributed by atoms with Crippen molar-refractivity contribution in [2.75, 3.05) is 0 Å². The van der Waals surface area contributed by atoms with E-state index in [0.717, 1.165) is 77.2 Å². The quantitative estimate of drug-likeness (QED) is 0.178. The predicted molar refractivity (Wildman–Crippen MR) is 212 cm³/mol. The molecule has 0 saturated heterocycles. The molecule has 0 atom stereocenters. The molecule has 0 saturated carbocycles. The third kappa shape index (κ3) is 4.83. The maximum absolute atomic E-state index is 10.7. The third-order valence-electron chi connectivity index (χ3n) is 9.98. The van der Waals surface area contributed by atoms with Crippen molar-refractivity contribution in [3.8, 4) is 57.4 Å². The van der Waals surface area contributed by atoms with Crippen LogP contribution in [0.4, 0.5) is 0 Å². The van der Waals surface area contributed by atoms with Gasteiger partial charge in [-0.05, 0) is 66.2 Å². The second kappa shape index (κ2) is 12.4. The Morgan fingerprint density at radius 2 is 0.870 bits per heavy atom. The van der Waals surface area contributed by atoms with Crippen LogP contribution in [0.2, 0.25) is 0 Å². The van der Waals surface area contributed by atoms with Crippen LogP contribution in [0, 0.1) is 22.7 Å². The van der Waals surface area contributed by atoms with Gasteiger partial charge in [-0.1, -0.05) is 72.8 Å². The highest BCUT2D eigenvalue weighted by molar-refractivity contribution is 6.13. The number of para-hydroxylation sites is 2. The summed E-state index contributed by atoms with van der Waals surface area (Å²) in [6.07, 6.45) is 6.97. The van der Waals surface area contributed by atoms with Gasteiger partial charge in [-0.2, -0.15) is 10.5 Å². The van der Waals surface area contributed by atoms with E-state index in [1.807, 2.05) is 60.7 Å². The summed E-state index contributed by atoms with van der Waals surface area (Å²) in [6, 6.07) is 49.2. The summed E-state index contributed by atoms with van der Waals surface area (Å²) >= 11 is 0. The van der Waals surface area contributed by atoms with Gasteiger partial charge < -0.3 is 9.13 Å². The van der Waals surface area contributed by atoms with E-state index < -0.39 is 0 Å². The fourth-order valence-electron chi connectivity index (χ4n) is 7.70. The van der Waals surface area contributed by atoms with E-state index in [2.05, 4.69) is 102 Å². The first-order chi connectivity index (χ1) is 26.7. The van der Waals surface area contributed by atoms with Crippen LogP contribution in [-0.2, 0) is 0 Å². The second-order valence-electron chi connectivity index (χ2n) is 13.0. The van der Waals surface area contributed by atoms with Crippen LogP contribution in [0.5, 0.6) is 0 Å². The van der Waals surface area contributed by atoms with Crippen molar-refractivity contribution in [1.29, 1.82) is 10.5 Å². The van der Waals surface area contributed by atoms with E-state index in [-0.39, 0.29) is 0 Å². The normalized spacial score (nSPS) is 11.3. The molecule has 6 aromatic carbocycles. The van der Waals surface area contributed by atoms with Crippen molar-refractivity contribution in [2.24, 2.45) is 0 Å². The van der Waals surface area contributed by atoms with Crippen molar-refractivity contribution in [3.63, 3.8) is 0 Å². The van der Waals surface area contributed by atoms with E-state index in [0.29, 0.717) is 22.8 Å². The van der Waals surface area contributed by atoms with Gasteiger partial charge in [-0.15, -0.1) is 0 Å². The van der Waals surface area contributed by atoms with Crippen LogP contribution in [0.15, 0.2) is 158 Å². The molecule has 10 aromatic rings. The molecule has 0 aliphatic heterocycles. The Balaban J connectivity index is 1.38. The van der Waals surface area contributed by atoms with Crippen LogP contribution < -0.4 is 0 Å². The van der Waals surface area contributed by atoms with Gasteiger partial charge in [0.2, 0.25) is 0 Å². The lowest BCUT2D eigenvalue weighted by molar-refractivity contribution is 1.13. The van der Waals surface area contributed by atoms with Crippen LogP contribution in [0.1, 0.15) is 11.1 Å². The molecule has 10 rings (SSSR count). The fraction of sp³-hybridized carbons (Fsp3) is 0. The zero-order valence-corrected chi connectivity index (χ0v) is 28.6. The molecule has 250 valence electrons. The molecule has 54 heavy (non-hydrogen) atoms. The molecule has 0 spiro atoms. The Morgan fingerprint density at radius 1 is 0.389 bits per heavy atom. The minimum atomic E-state index is 0.488. The van der Waals surface area contributed by atoms with E-state index in [1.165, 1.54) is 0 Å². The summed E-state index contributed by atoms with van der Waals surface area (Å²) in [5.41, 5.74) is 9.87. The van der Waals surface area contributed by atoms with Crippen LogP contribution >= 0.6 is 0 Å². The smallest absolute Gasteiger partial charge is 0.159 e. The standard InChI is InChI=1S/C46H26N8/c47-27-29-8-5-9-31(22-29)44-42(53-38-12-3-1-10-34(38)36-16-14-32(25-40(36)53)45-49-18-6-19-50-45)23-30(28-48)24-43(44)54-39-13-4-2-11-35(39)37-17-15-33(26-41(37)54)46-51-20-7-21-52-46/h1-26H. The molecule has 0 unspecified atom stereocenters. The summed E-state index contributed by atoms with van der Waals surface area (Å²) in [5.74, 6) is 1.24. The zero-order chi connectivity index (χ0) is 36.2. The molecule has 0 amide bonds. The second-order valence-corrected chi connectivity index (χ2v) is 13.0. The van der Waals surface area contributed by atoms with Crippen molar-refractivity contribution < 1.29 is 0 Å². The van der Waals surface area contributed by atoms with Crippen molar-refractivity contribution in [1.82, 2.24) is 29.1 Å². The maximum Gasteiger partial charge on any atom is 0.159 e. The Hall–Kier alpha value is -7.94. The maximum atomic E-state index is 10.7. The molecular weight excluding hydrogens is 665 g/mol. The first kappa shape index (κ1) is 30.8. The van der Waals surface area contributed by atoms with Crippen molar-refractivity contribution in [3.05, 3.63) is 169 Å². The topological polar surface area (TPSA) is 109 Å². The van der Waals surface area contributed by atoms with Gasteiger partial charge in [0, 0.05) is 63.0 Å². The first-order valence-electron chi connectivity index (χ1n) is 17.4. The number of benzene rings is 6. The number of fused-ring (bicyclic) bond motifs is 6. The minimum Gasteiger partial charge on any atom is -0.308 e. The SMILES string of the molecule is N#Cc1cccc(-c2c(-n3c4ccccc4c4ccc(-c5ncccn5)cc43)cc(C#N)cc2-n2c3ccccc3c3ccc(-c4ncccn4)cc32)c1. The minimum absolute atomic E-state index is 0.488. The number of nitrogens with zero attached hydrogens (tertiary/aromatic N) is 8. The van der Waals surface area contributed by atoms with Gasteiger partial charge in [-0.25, -0.2) is 19.9 Å². The van der Waals surface area contributed by atoms with E-state index >= 15 is 0 Å². The molecule has 8 nitrogen and oxygen atoms in total. The number of hydrogen-bond acceptors (Lipinski definition) is 6. The highest BCUT2D eigenvalue weighted by atomic mass is 15.0. The Bertz CT molecular complexity index is 3000. The summed E-state index contributed by atoms with van der Waals surface area (Å²) in [5, 5.41) is 25.1. The molecule has 8 heteroatoms.